The van der Waals surface area contributed by atoms with Gasteiger partial charge in [0.1, 0.15) is 0 Å². The normalized spacial score (nSPS) is 14.0. The third-order valence-corrected chi connectivity index (χ3v) is 6.51. The molecular weight excluding hydrogens is 493 g/mol. The quantitative estimate of drug-likeness (QED) is 0.208. The lowest BCUT2D eigenvalue weighted by Crippen LogP contribution is -2.26. The Labute approximate surface area is 219 Å². The number of anilines is 1. The van der Waals surface area contributed by atoms with Crippen LogP contribution in [-0.2, 0) is 16.1 Å². The number of rotatable bonds is 5. The lowest BCUT2D eigenvalue weighted by molar-refractivity contribution is -0.113. The maximum atomic E-state index is 14.1. The minimum atomic E-state index is -0.421. The van der Waals surface area contributed by atoms with Gasteiger partial charge < -0.3 is 9.64 Å². The fourth-order valence-electron chi connectivity index (χ4n) is 4.53. The average molecular weight is 514 g/mol. The van der Waals surface area contributed by atoms with Gasteiger partial charge in [-0.15, -0.1) is 0 Å². The van der Waals surface area contributed by atoms with Crippen LogP contribution in [0.25, 0.3) is 11.1 Å². The van der Waals surface area contributed by atoms with Gasteiger partial charge in [0.25, 0.3) is 5.91 Å². The largest absolute Gasteiger partial charge is 0.465 e. The smallest absolute Gasteiger partial charge is 0.337 e. The summed E-state index contributed by atoms with van der Waals surface area (Å²) in [6, 6.07) is 29.9. The number of para-hydroxylation sites is 1. The molecule has 6 heteroatoms. The van der Waals surface area contributed by atoms with Crippen molar-refractivity contribution in [2.24, 2.45) is 0 Å². The number of hydrogen-bond acceptors (Lipinski definition) is 3. The summed E-state index contributed by atoms with van der Waals surface area (Å²) in [6.07, 6.45) is 0. The highest BCUT2D eigenvalue weighted by atomic mass is 35.5. The maximum absolute atomic E-state index is 14.1. The Balaban J connectivity index is 1.69. The number of methoxy groups -OCH3 is 1. The van der Waals surface area contributed by atoms with Crippen LogP contribution in [0.4, 0.5) is 5.69 Å². The van der Waals surface area contributed by atoms with Crippen LogP contribution in [-0.4, -0.2) is 19.0 Å². The highest BCUT2D eigenvalue weighted by molar-refractivity contribution is 6.39. The number of halogens is 2. The second kappa shape index (κ2) is 10.0. The van der Waals surface area contributed by atoms with Crippen LogP contribution in [0.3, 0.4) is 0 Å². The van der Waals surface area contributed by atoms with E-state index in [1.807, 2.05) is 72.8 Å². The van der Waals surface area contributed by atoms with Gasteiger partial charge in [-0.25, -0.2) is 4.79 Å². The fourth-order valence-corrected chi connectivity index (χ4v) is 5.06. The van der Waals surface area contributed by atoms with Gasteiger partial charge in [-0.1, -0.05) is 83.9 Å². The number of carbonyl (C=O) groups is 2. The molecule has 5 rings (SSSR count). The van der Waals surface area contributed by atoms with Crippen molar-refractivity contribution in [2.45, 2.75) is 6.54 Å². The number of hydrogen-bond donors (Lipinski definition) is 0. The third-order valence-electron chi connectivity index (χ3n) is 6.08. The summed E-state index contributed by atoms with van der Waals surface area (Å²) in [7, 11) is 1.35. The molecule has 1 heterocycles. The van der Waals surface area contributed by atoms with Crippen molar-refractivity contribution in [3.05, 3.63) is 135 Å². The lowest BCUT2D eigenvalue weighted by Gasteiger charge is -2.18. The summed E-state index contributed by atoms with van der Waals surface area (Å²) < 4.78 is 4.86. The molecule has 0 saturated heterocycles. The minimum Gasteiger partial charge on any atom is -0.465 e. The molecule has 1 aliphatic rings. The molecule has 1 amide bonds. The molecule has 0 aliphatic carbocycles. The number of fused-ring (bicyclic) bond motifs is 1. The van der Waals surface area contributed by atoms with Gasteiger partial charge in [0.05, 0.1) is 30.5 Å². The SMILES string of the molecule is COC(=O)c1cccc(CN2C(=O)C(=C(c3ccccc3)c3cc(Cl)cc(Cl)c3)c3ccccc32)c1. The first-order valence-electron chi connectivity index (χ1n) is 11.3. The number of esters is 1. The van der Waals surface area contributed by atoms with Crippen molar-refractivity contribution in [1.29, 1.82) is 0 Å². The number of amides is 1. The molecule has 0 radical (unpaired) electrons. The Bertz CT molecular complexity index is 1490. The summed E-state index contributed by atoms with van der Waals surface area (Å²) in [5.41, 5.74) is 5.82. The van der Waals surface area contributed by atoms with Crippen LogP contribution in [0, 0.1) is 0 Å². The van der Waals surface area contributed by atoms with Crippen molar-refractivity contribution < 1.29 is 14.3 Å². The number of ether oxygens (including phenoxy) is 1. The Morgan fingerprint density at radius 3 is 2.17 bits per heavy atom. The molecule has 0 fully saturated rings. The van der Waals surface area contributed by atoms with E-state index in [2.05, 4.69) is 0 Å². The summed E-state index contributed by atoms with van der Waals surface area (Å²) >= 11 is 12.7. The average Bonchev–Trinajstić information content (AvgIpc) is 3.15. The Morgan fingerprint density at radius 1 is 0.778 bits per heavy atom. The van der Waals surface area contributed by atoms with E-state index in [0.29, 0.717) is 27.7 Å². The third kappa shape index (κ3) is 4.53. The molecule has 0 unspecified atom stereocenters. The molecule has 0 saturated carbocycles. The van der Waals surface area contributed by atoms with Crippen molar-refractivity contribution >= 4 is 51.9 Å². The van der Waals surface area contributed by atoms with Crippen LogP contribution in [0.2, 0.25) is 10.0 Å². The highest BCUT2D eigenvalue weighted by Crippen LogP contribution is 2.44. The van der Waals surface area contributed by atoms with E-state index in [-0.39, 0.29) is 5.91 Å². The molecule has 4 aromatic rings. The Hall–Kier alpha value is -3.86. The van der Waals surface area contributed by atoms with Gasteiger partial charge in [-0.2, -0.15) is 0 Å². The first-order chi connectivity index (χ1) is 17.5. The second-order valence-electron chi connectivity index (χ2n) is 8.37. The number of carbonyl (C=O) groups excluding carboxylic acids is 2. The van der Waals surface area contributed by atoms with Crippen LogP contribution in [0.5, 0.6) is 0 Å². The molecule has 0 N–H and O–H groups in total. The Morgan fingerprint density at radius 2 is 1.44 bits per heavy atom. The monoisotopic (exact) mass is 513 g/mol. The summed E-state index contributed by atoms with van der Waals surface area (Å²) in [6.45, 7) is 0.294. The molecule has 1 aliphatic heterocycles. The summed E-state index contributed by atoms with van der Waals surface area (Å²) in [5.74, 6) is -0.565. The van der Waals surface area contributed by atoms with Gasteiger partial charge in [0.2, 0.25) is 0 Å². The number of nitrogens with zero attached hydrogens (tertiary/aromatic N) is 1. The van der Waals surface area contributed by atoms with E-state index in [9.17, 15) is 9.59 Å². The zero-order valence-electron chi connectivity index (χ0n) is 19.4. The molecule has 4 nitrogen and oxygen atoms in total. The molecular formula is C30H21Cl2NO3. The van der Waals surface area contributed by atoms with Gasteiger partial charge in [0.15, 0.2) is 0 Å². The van der Waals surface area contributed by atoms with E-state index >= 15 is 0 Å². The van der Waals surface area contributed by atoms with Gasteiger partial charge >= 0.3 is 5.97 Å². The predicted molar refractivity (Wildman–Crippen MR) is 144 cm³/mol. The van der Waals surface area contributed by atoms with E-state index in [1.54, 1.807) is 29.2 Å². The fraction of sp³-hybridized carbons (Fsp3) is 0.0667. The molecule has 0 bridgehead atoms. The van der Waals surface area contributed by atoms with Crippen LogP contribution >= 0.6 is 23.2 Å². The number of benzene rings is 4. The summed E-state index contributed by atoms with van der Waals surface area (Å²) in [5, 5.41) is 0.975. The van der Waals surface area contributed by atoms with Gasteiger partial charge in [-0.05, 0) is 53.1 Å². The maximum Gasteiger partial charge on any atom is 0.337 e. The molecule has 0 spiro atoms. The second-order valence-corrected chi connectivity index (χ2v) is 9.25. The Kier molecular flexibility index (Phi) is 6.64. The molecule has 4 aromatic carbocycles. The lowest BCUT2D eigenvalue weighted by atomic mass is 9.90. The molecule has 36 heavy (non-hydrogen) atoms. The van der Waals surface area contributed by atoms with Crippen LogP contribution in [0.15, 0.2) is 97.1 Å². The first kappa shape index (κ1) is 23.9. The van der Waals surface area contributed by atoms with Crippen LogP contribution in [0.1, 0.15) is 32.6 Å². The first-order valence-corrected chi connectivity index (χ1v) is 12.1. The summed E-state index contributed by atoms with van der Waals surface area (Å²) in [4.78, 5) is 27.9. The zero-order valence-corrected chi connectivity index (χ0v) is 20.9. The predicted octanol–water partition coefficient (Wildman–Crippen LogP) is 7.29. The minimum absolute atomic E-state index is 0.144. The van der Waals surface area contributed by atoms with Crippen molar-refractivity contribution in [3.63, 3.8) is 0 Å². The van der Waals surface area contributed by atoms with Gasteiger partial charge in [0, 0.05) is 21.2 Å². The highest BCUT2D eigenvalue weighted by Gasteiger charge is 2.35. The zero-order chi connectivity index (χ0) is 25.2. The van der Waals surface area contributed by atoms with E-state index in [1.165, 1.54) is 7.11 Å². The van der Waals surface area contributed by atoms with E-state index in [0.717, 1.165) is 33.5 Å². The molecule has 0 aromatic heterocycles. The van der Waals surface area contributed by atoms with Crippen molar-refractivity contribution in [1.82, 2.24) is 0 Å². The van der Waals surface area contributed by atoms with Gasteiger partial charge in [-0.3, -0.25) is 4.79 Å². The van der Waals surface area contributed by atoms with Crippen molar-refractivity contribution in [3.8, 4) is 0 Å². The van der Waals surface area contributed by atoms with Crippen LogP contribution < -0.4 is 4.90 Å². The van der Waals surface area contributed by atoms with Crippen molar-refractivity contribution in [2.75, 3.05) is 12.0 Å². The topological polar surface area (TPSA) is 46.6 Å². The standard InChI is InChI=1S/C30H21Cl2NO3/c1-36-30(35)21-11-7-8-19(14-21)18-33-26-13-6-5-12-25(26)28(29(33)34)27(20-9-3-2-4-10-20)22-15-23(31)17-24(32)16-22/h2-17H,18H2,1H3. The molecule has 178 valence electrons. The molecule has 0 atom stereocenters. The van der Waals surface area contributed by atoms with E-state index in [4.69, 9.17) is 27.9 Å². The van der Waals surface area contributed by atoms with E-state index < -0.39 is 5.97 Å².